The van der Waals surface area contributed by atoms with Crippen LogP contribution in [0.15, 0.2) is 18.2 Å². The summed E-state index contributed by atoms with van der Waals surface area (Å²) in [5.41, 5.74) is 7.35. The van der Waals surface area contributed by atoms with Crippen molar-refractivity contribution in [2.45, 2.75) is 19.8 Å². The number of anilines is 1. The van der Waals surface area contributed by atoms with Crippen molar-refractivity contribution in [1.82, 2.24) is 4.90 Å². The molecule has 0 saturated carbocycles. The van der Waals surface area contributed by atoms with Crippen LogP contribution in [-0.2, 0) is 9.53 Å². The molecular formula is C17H25N3O3. The van der Waals surface area contributed by atoms with Crippen molar-refractivity contribution in [3.63, 3.8) is 0 Å². The van der Waals surface area contributed by atoms with Crippen molar-refractivity contribution < 1.29 is 14.3 Å². The van der Waals surface area contributed by atoms with Gasteiger partial charge in [-0.2, -0.15) is 0 Å². The number of amides is 2. The second-order valence-corrected chi connectivity index (χ2v) is 6.28. The van der Waals surface area contributed by atoms with Gasteiger partial charge in [0.05, 0.1) is 5.41 Å². The quantitative estimate of drug-likeness (QED) is 0.878. The van der Waals surface area contributed by atoms with Crippen LogP contribution in [0.5, 0.6) is 0 Å². The van der Waals surface area contributed by atoms with Crippen LogP contribution in [0.4, 0.5) is 5.69 Å². The van der Waals surface area contributed by atoms with E-state index >= 15 is 0 Å². The Morgan fingerprint density at radius 1 is 1.30 bits per heavy atom. The molecule has 1 aliphatic heterocycles. The lowest BCUT2D eigenvalue weighted by Crippen LogP contribution is -2.46. The lowest BCUT2D eigenvalue weighted by molar-refractivity contribution is -0.130. The predicted molar refractivity (Wildman–Crippen MR) is 89.4 cm³/mol. The molecule has 6 heteroatoms. The molecule has 0 aromatic heterocycles. The zero-order valence-corrected chi connectivity index (χ0v) is 14.0. The Kier molecular flexibility index (Phi) is 5.38. The molecule has 0 aliphatic carbocycles. The van der Waals surface area contributed by atoms with Gasteiger partial charge in [0.25, 0.3) is 5.91 Å². The smallest absolute Gasteiger partial charge is 0.253 e. The molecule has 1 saturated heterocycles. The summed E-state index contributed by atoms with van der Waals surface area (Å²) in [6.07, 6.45) is 1.23. The molecule has 1 aromatic rings. The molecule has 6 nitrogen and oxygen atoms in total. The van der Waals surface area contributed by atoms with Gasteiger partial charge in [-0.3, -0.25) is 9.59 Å². The van der Waals surface area contributed by atoms with E-state index in [-0.39, 0.29) is 18.4 Å². The first-order chi connectivity index (χ1) is 10.9. The number of carbonyl (C=O) groups is 2. The third kappa shape index (κ3) is 3.71. The van der Waals surface area contributed by atoms with E-state index in [0.29, 0.717) is 37.3 Å². The Morgan fingerprint density at radius 3 is 2.52 bits per heavy atom. The first-order valence-electron chi connectivity index (χ1n) is 7.81. The summed E-state index contributed by atoms with van der Waals surface area (Å²) < 4.78 is 5.33. The van der Waals surface area contributed by atoms with Crippen molar-refractivity contribution in [3.8, 4) is 0 Å². The fourth-order valence-corrected chi connectivity index (χ4v) is 2.72. The van der Waals surface area contributed by atoms with Gasteiger partial charge in [0.1, 0.15) is 0 Å². The van der Waals surface area contributed by atoms with Gasteiger partial charge >= 0.3 is 0 Å². The van der Waals surface area contributed by atoms with Gasteiger partial charge in [-0.25, -0.2) is 0 Å². The molecule has 0 radical (unpaired) electrons. The van der Waals surface area contributed by atoms with E-state index < -0.39 is 5.41 Å². The summed E-state index contributed by atoms with van der Waals surface area (Å²) in [4.78, 5) is 26.4. The fraction of sp³-hybridized carbons (Fsp3) is 0.529. The molecule has 126 valence electrons. The van der Waals surface area contributed by atoms with Gasteiger partial charge < -0.3 is 20.7 Å². The molecule has 1 aromatic carbocycles. The highest BCUT2D eigenvalue weighted by molar-refractivity contribution is 5.99. The van der Waals surface area contributed by atoms with Gasteiger partial charge in [-0.05, 0) is 37.5 Å². The van der Waals surface area contributed by atoms with E-state index in [2.05, 4.69) is 5.32 Å². The van der Waals surface area contributed by atoms with Crippen LogP contribution in [0.1, 0.15) is 28.8 Å². The Morgan fingerprint density at radius 2 is 1.96 bits per heavy atom. The Hall–Kier alpha value is -1.92. The minimum atomic E-state index is -0.588. The number of carbonyl (C=O) groups excluding carboxylic acids is 2. The third-order valence-electron chi connectivity index (χ3n) is 4.45. The number of aryl methyl sites for hydroxylation is 1. The second kappa shape index (κ2) is 7.10. The number of rotatable bonds is 4. The summed E-state index contributed by atoms with van der Waals surface area (Å²) in [7, 11) is 3.41. The molecular weight excluding hydrogens is 294 g/mol. The molecule has 1 aliphatic rings. The number of nitrogens with one attached hydrogen (secondary N) is 1. The summed E-state index contributed by atoms with van der Waals surface area (Å²) in [6.45, 7) is 3.26. The zero-order valence-electron chi connectivity index (χ0n) is 14.0. The predicted octanol–water partition coefficient (Wildman–Crippen LogP) is 1.39. The summed E-state index contributed by atoms with van der Waals surface area (Å²) >= 11 is 0. The molecule has 1 fully saturated rings. The molecule has 0 bridgehead atoms. The molecule has 2 rings (SSSR count). The molecule has 3 N–H and O–H groups in total. The van der Waals surface area contributed by atoms with E-state index in [0.717, 1.165) is 5.56 Å². The van der Waals surface area contributed by atoms with Crippen LogP contribution < -0.4 is 11.1 Å². The highest BCUT2D eigenvalue weighted by Crippen LogP contribution is 2.31. The van der Waals surface area contributed by atoms with Crippen molar-refractivity contribution >= 4 is 17.5 Å². The summed E-state index contributed by atoms with van der Waals surface area (Å²) in [6, 6.07) is 5.37. The van der Waals surface area contributed by atoms with Crippen LogP contribution in [0.3, 0.4) is 0 Å². The van der Waals surface area contributed by atoms with Gasteiger partial charge in [0.15, 0.2) is 0 Å². The zero-order chi connectivity index (χ0) is 17.0. The van der Waals surface area contributed by atoms with Crippen molar-refractivity contribution in [1.29, 1.82) is 0 Å². The van der Waals surface area contributed by atoms with Crippen LogP contribution in [0, 0.1) is 12.3 Å². The Labute approximate surface area is 137 Å². The number of hydrogen-bond donors (Lipinski definition) is 2. The normalized spacial score (nSPS) is 16.7. The highest BCUT2D eigenvalue weighted by atomic mass is 16.5. The largest absolute Gasteiger partial charge is 0.381 e. The molecule has 23 heavy (non-hydrogen) atoms. The van der Waals surface area contributed by atoms with Crippen molar-refractivity contribution in [2.75, 3.05) is 39.2 Å². The highest BCUT2D eigenvalue weighted by Gasteiger charge is 2.38. The number of hydrogen-bond acceptors (Lipinski definition) is 4. The van der Waals surface area contributed by atoms with E-state index in [4.69, 9.17) is 10.5 Å². The van der Waals surface area contributed by atoms with Gasteiger partial charge in [0, 0.05) is 45.1 Å². The van der Waals surface area contributed by atoms with Crippen LogP contribution in [-0.4, -0.2) is 50.6 Å². The van der Waals surface area contributed by atoms with E-state index in [1.54, 1.807) is 20.2 Å². The first kappa shape index (κ1) is 17.4. The first-order valence-corrected chi connectivity index (χ1v) is 7.81. The minimum absolute atomic E-state index is 0.0850. The maximum Gasteiger partial charge on any atom is 0.253 e. The fourth-order valence-electron chi connectivity index (χ4n) is 2.72. The Bertz CT molecular complexity index is 593. The minimum Gasteiger partial charge on any atom is -0.381 e. The molecule has 2 amide bonds. The lowest BCUT2D eigenvalue weighted by Gasteiger charge is -2.34. The van der Waals surface area contributed by atoms with E-state index in [1.165, 1.54) is 4.90 Å². The van der Waals surface area contributed by atoms with Crippen LogP contribution >= 0.6 is 0 Å². The second-order valence-electron chi connectivity index (χ2n) is 6.28. The number of nitrogens with zero attached hydrogens (tertiary/aromatic N) is 1. The monoisotopic (exact) mass is 319 g/mol. The number of ether oxygens (including phenoxy) is 1. The van der Waals surface area contributed by atoms with Crippen molar-refractivity contribution in [2.24, 2.45) is 11.1 Å². The summed E-state index contributed by atoms with van der Waals surface area (Å²) in [5, 5.41) is 2.92. The van der Waals surface area contributed by atoms with Gasteiger partial charge in [-0.1, -0.05) is 6.07 Å². The molecule has 0 unspecified atom stereocenters. The lowest BCUT2D eigenvalue weighted by atomic mass is 9.79. The maximum absolute atomic E-state index is 12.7. The third-order valence-corrected chi connectivity index (χ3v) is 4.45. The van der Waals surface area contributed by atoms with Crippen molar-refractivity contribution in [3.05, 3.63) is 29.3 Å². The van der Waals surface area contributed by atoms with Crippen LogP contribution in [0.25, 0.3) is 0 Å². The number of benzene rings is 1. The Balaban J connectivity index is 2.21. The average molecular weight is 319 g/mol. The average Bonchev–Trinajstić information content (AvgIpc) is 2.56. The van der Waals surface area contributed by atoms with E-state index in [9.17, 15) is 9.59 Å². The molecule has 0 atom stereocenters. The van der Waals surface area contributed by atoms with E-state index in [1.807, 2.05) is 19.1 Å². The van der Waals surface area contributed by atoms with Crippen LogP contribution in [0.2, 0.25) is 0 Å². The van der Waals surface area contributed by atoms with Gasteiger partial charge in [0.2, 0.25) is 5.91 Å². The van der Waals surface area contributed by atoms with Gasteiger partial charge in [-0.15, -0.1) is 0 Å². The standard InChI is InChI=1S/C17H25N3O3/c1-12-4-5-13(10-14(12)15(21)20(2)3)19-16(22)17(11-18)6-8-23-9-7-17/h4-5,10H,6-9,11,18H2,1-3H3,(H,19,22). The SMILES string of the molecule is Cc1ccc(NC(=O)C2(CN)CCOCC2)cc1C(=O)N(C)C. The molecule has 0 spiro atoms. The molecule has 1 heterocycles. The number of nitrogens with two attached hydrogens (primary N) is 1. The topological polar surface area (TPSA) is 84.7 Å². The summed E-state index contributed by atoms with van der Waals surface area (Å²) in [5.74, 6) is -0.186. The maximum atomic E-state index is 12.7.